The molecule has 0 fully saturated rings. The van der Waals surface area contributed by atoms with Crippen LogP contribution in [0.1, 0.15) is 11.1 Å². The van der Waals surface area contributed by atoms with Gasteiger partial charge in [-0.25, -0.2) is 9.36 Å². The zero-order valence-corrected chi connectivity index (χ0v) is 22.6. The van der Waals surface area contributed by atoms with Crippen LogP contribution in [-0.4, -0.2) is 60.0 Å². The van der Waals surface area contributed by atoms with E-state index in [1.165, 1.54) is 31.2 Å². The lowest BCUT2D eigenvalue weighted by Gasteiger charge is -2.13. The summed E-state index contributed by atoms with van der Waals surface area (Å²) in [6.07, 6.45) is 3.55. The lowest BCUT2D eigenvalue weighted by atomic mass is 10.2. The molecule has 0 saturated heterocycles. The van der Waals surface area contributed by atoms with Crippen molar-refractivity contribution in [1.29, 1.82) is 0 Å². The Morgan fingerprint density at radius 2 is 1.03 bits per heavy atom. The lowest BCUT2D eigenvalue weighted by Crippen LogP contribution is -2.02. The fourth-order valence-electron chi connectivity index (χ4n) is 3.95. The average molecular weight is 543 g/mol. The van der Waals surface area contributed by atoms with Gasteiger partial charge < -0.3 is 0 Å². The molecule has 6 rings (SSSR count). The minimum absolute atomic E-state index is 0.499. The van der Waals surface area contributed by atoms with Crippen molar-refractivity contribution < 1.29 is 0 Å². The monoisotopic (exact) mass is 542 g/mol. The maximum absolute atomic E-state index is 4.72. The second kappa shape index (κ2) is 9.87. The Bertz CT molecular complexity index is 1620. The van der Waals surface area contributed by atoms with Gasteiger partial charge in [-0.2, -0.15) is 19.8 Å². The SMILES string of the molecule is Cc1ccccc1-n1ncc(-c2nnn(C)n2)c1SSc1c(-c2nnn(C)n2)cnn1-c1ccccc1C. The van der Waals surface area contributed by atoms with Crippen molar-refractivity contribution in [3.8, 4) is 34.2 Å². The number of nitrogens with zero attached hydrogens (tertiary/aromatic N) is 12. The van der Waals surface area contributed by atoms with Gasteiger partial charge in [0.15, 0.2) is 0 Å². The van der Waals surface area contributed by atoms with Crippen LogP contribution in [0.2, 0.25) is 0 Å². The largest absolute Gasteiger partial charge is 0.225 e. The Kier molecular flexibility index (Phi) is 6.25. The number of aromatic nitrogens is 12. The number of aryl methyl sites for hydroxylation is 4. The minimum atomic E-state index is 0.499. The fourth-order valence-corrected chi connectivity index (χ4v) is 6.44. The zero-order chi connectivity index (χ0) is 26.2. The maximum atomic E-state index is 4.72. The molecule has 12 nitrogen and oxygen atoms in total. The Balaban J connectivity index is 1.47. The van der Waals surface area contributed by atoms with E-state index in [4.69, 9.17) is 10.2 Å². The van der Waals surface area contributed by atoms with E-state index in [-0.39, 0.29) is 0 Å². The third-order valence-corrected chi connectivity index (χ3v) is 8.22. The predicted molar refractivity (Wildman–Crippen MR) is 144 cm³/mol. The van der Waals surface area contributed by atoms with E-state index in [9.17, 15) is 0 Å². The molecule has 4 heterocycles. The van der Waals surface area contributed by atoms with E-state index in [1.54, 1.807) is 26.5 Å². The van der Waals surface area contributed by atoms with E-state index < -0.39 is 0 Å². The Morgan fingerprint density at radius 1 is 0.605 bits per heavy atom. The Morgan fingerprint density at radius 3 is 1.39 bits per heavy atom. The van der Waals surface area contributed by atoms with Crippen molar-refractivity contribution in [3.05, 3.63) is 72.1 Å². The van der Waals surface area contributed by atoms with Gasteiger partial charge >= 0.3 is 0 Å². The van der Waals surface area contributed by atoms with E-state index in [1.807, 2.05) is 45.8 Å². The molecule has 0 aliphatic carbocycles. The van der Waals surface area contributed by atoms with Crippen molar-refractivity contribution in [2.24, 2.45) is 14.1 Å². The number of hydrogen-bond donors (Lipinski definition) is 0. The number of rotatable bonds is 7. The second-order valence-corrected chi connectivity index (χ2v) is 10.6. The first-order valence-electron chi connectivity index (χ1n) is 11.6. The molecule has 6 aromatic rings. The van der Waals surface area contributed by atoms with Crippen molar-refractivity contribution >= 4 is 21.6 Å². The van der Waals surface area contributed by atoms with Gasteiger partial charge in [-0.3, -0.25) is 0 Å². The maximum Gasteiger partial charge on any atom is 0.209 e. The first kappa shape index (κ1) is 24.1. The Labute approximate surface area is 225 Å². The van der Waals surface area contributed by atoms with Gasteiger partial charge in [0, 0.05) is 0 Å². The summed E-state index contributed by atoms with van der Waals surface area (Å²) in [5.74, 6) is 0.998. The average Bonchev–Trinajstić information content (AvgIpc) is 3.70. The highest BCUT2D eigenvalue weighted by Gasteiger charge is 2.24. The highest BCUT2D eigenvalue weighted by atomic mass is 33.1. The molecule has 0 aliphatic heterocycles. The molecule has 190 valence electrons. The third kappa shape index (κ3) is 4.37. The van der Waals surface area contributed by atoms with E-state index >= 15 is 0 Å². The van der Waals surface area contributed by atoms with Crippen LogP contribution >= 0.6 is 21.6 Å². The summed E-state index contributed by atoms with van der Waals surface area (Å²) in [4.78, 5) is 2.88. The molecule has 0 radical (unpaired) electrons. The van der Waals surface area contributed by atoms with Gasteiger partial charge in [-0.05, 0) is 69.1 Å². The molecule has 0 unspecified atom stereocenters. The molecular weight excluding hydrogens is 520 g/mol. The van der Waals surface area contributed by atoms with Crippen LogP contribution in [0.25, 0.3) is 34.2 Å². The van der Waals surface area contributed by atoms with Crippen molar-refractivity contribution in [2.45, 2.75) is 23.9 Å². The van der Waals surface area contributed by atoms with Crippen LogP contribution in [0, 0.1) is 13.8 Å². The highest BCUT2D eigenvalue weighted by molar-refractivity contribution is 8.76. The molecule has 14 heteroatoms. The number of para-hydroxylation sites is 2. The second-order valence-electron chi connectivity index (χ2n) is 8.50. The molecule has 2 aromatic carbocycles. The molecular formula is C24H22N12S2. The van der Waals surface area contributed by atoms with Gasteiger partial charge in [0.25, 0.3) is 0 Å². The van der Waals surface area contributed by atoms with Crippen LogP contribution in [0.15, 0.2) is 71.0 Å². The summed E-state index contributed by atoms with van der Waals surface area (Å²) in [6.45, 7) is 4.12. The molecule has 0 spiro atoms. The summed E-state index contributed by atoms with van der Waals surface area (Å²) in [6, 6.07) is 16.2. The summed E-state index contributed by atoms with van der Waals surface area (Å²) in [5, 5.41) is 36.5. The standard InChI is InChI=1S/C24H22N12S2/c1-15-9-5-7-11-19(15)35-23(17(13-25-35)21-27-31-33(3)29-21)37-38-24-18(22-28-32-34(4)30-22)14-26-36(24)20-12-8-6-10-16(20)2/h5-14H,1-4H3. The summed E-state index contributed by atoms with van der Waals surface area (Å²) < 4.78 is 3.82. The van der Waals surface area contributed by atoms with Crippen LogP contribution in [0.3, 0.4) is 0 Å². The van der Waals surface area contributed by atoms with Crippen LogP contribution in [0.5, 0.6) is 0 Å². The molecule has 38 heavy (non-hydrogen) atoms. The molecule has 0 amide bonds. The molecule has 0 saturated carbocycles. The molecule has 0 atom stereocenters. The van der Waals surface area contributed by atoms with Gasteiger partial charge in [0.1, 0.15) is 10.1 Å². The highest BCUT2D eigenvalue weighted by Crippen LogP contribution is 2.46. The fraction of sp³-hybridized carbons (Fsp3) is 0.167. The summed E-state index contributed by atoms with van der Waals surface area (Å²) in [7, 11) is 6.55. The number of tetrazole rings is 2. The van der Waals surface area contributed by atoms with Gasteiger partial charge in [0.2, 0.25) is 11.6 Å². The zero-order valence-electron chi connectivity index (χ0n) is 21.0. The molecule has 0 aliphatic rings. The van der Waals surface area contributed by atoms with E-state index in [0.29, 0.717) is 11.6 Å². The number of hydrogen-bond acceptors (Lipinski definition) is 10. The Hall–Kier alpha value is -4.30. The van der Waals surface area contributed by atoms with E-state index in [0.717, 1.165) is 43.7 Å². The number of benzene rings is 2. The first-order valence-corrected chi connectivity index (χ1v) is 13.8. The van der Waals surface area contributed by atoms with Crippen molar-refractivity contribution in [2.75, 3.05) is 0 Å². The first-order chi connectivity index (χ1) is 18.5. The van der Waals surface area contributed by atoms with Crippen LogP contribution in [0.4, 0.5) is 0 Å². The van der Waals surface area contributed by atoms with Gasteiger partial charge in [0.05, 0.1) is 49.0 Å². The summed E-state index contributed by atoms with van der Waals surface area (Å²) >= 11 is 0. The van der Waals surface area contributed by atoms with Crippen LogP contribution in [-0.2, 0) is 14.1 Å². The quantitative estimate of drug-likeness (QED) is 0.275. The lowest BCUT2D eigenvalue weighted by molar-refractivity contribution is 0.630. The normalized spacial score (nSPS) is 11.4. The third-order valence-electron chi connectivity index (χ3n) is 5.84. The summed E-state index contributed by atoms with van der Waals surface area (Å²) in [5.41, 5.74) is 5.67. The smallest absolute Gasteiger partial charge is 0.209 e. The minimum Gasteiger partial charge on any atom is -0.225 e. The predicted octanol–water partition coefficient (Wildman–Crippen LogP) is 3.86. The van der Waals surface area contributed by atoms with Gasteiger partial charge in [-0.1, -0.05) is 36.4 Å². The molecule has 0 N–H and O–H groups in total. The van der Waals surface area contributed by atoms with E-state index in [2.05, 4.69) is 56.8 Å². The molecule has 4 aromatic heterocycles. The topological polar surface area (TPSA) is 123 Å². The molecule has 0 bridgehead atoms. The van der Waals surface area contributed by atoms with Crippen LogP contribution < -0.4 is 0 Å². The van der Waals surface area contributed by atoms with Gasteiger partial charge in [-0.15, -0.1) is 20.4 Å². The van der Waals surface area contributed by atoms with Crippen molar-refractivity contribution in [3.63, 3.8) is 0 Å². The van der Waals surface area contributed by atoms with Crippen molar-refractivity contribution in [1.82, 2.24) is 60.0 Å².